The van der Waals surface area contributed by atoms with Gasteiger partial charge in [0, 0.05) is 18.7 Å². The number of methoxy groups -OCH3 is 1. The molecule has 0 bridgehead atoms. The molecular formula is C15H19ClN2O4. The van der Waals surface area contributed by atoms with Crippen LogP contribution in [0.1, 0.15) is 13.3 Å². The predicted molar refractivity (Wildman–Crippen MR) is 83.4 cm³/mol. The molecule has 2 amide bonds. The summed E-state index contributed by atoms with van der Waals surface area (Å²) >= 11 is 5.99. The van der Waals surface area contributed by atoms with Crippen molar-refractivity contribution < 1.29 is 19.1 Å². The molecule has 2 rings (SSSR count). The van der Waals surface area contributed by atoms with Crippen molar-refractivity contribution in [3.05, 3.63) is 23.2 Å². The second-order valence-electron chi connectivity index (χ2n) is 4.89. The van der Waals surface area contributed by atoms with Crippen LogP contribution in [0.3, 0.4) is 0 Å². The lowest BCUT2D eigenvalue weighted by atomic mass is 10.1. The SMILES string of the molecule is CCC1Oc2ccc(Cl)cc2N(CC(=O)NCCOC)C1=O. The first-order chi connectivity index (χ1) is 10.6. The molecule has 0 fully saturated rings. The highest BCUT2D eigenvalue weighted by Crippen LogP contribution is 2.36. The van der Waals surface area contributed by atoms with E-state index in [9.17, 15) is 9.59 Å². The summed E-state index contributed by atoms with van der Waals surface area (Å²) < 4.78 is 10.5. The minimum absolute atomic E-state index is 0.0737. The minimum atomic E-state index is -0.583. The van der Waals surface area contributed by atoms with Crippen LogP contribution in [0.5, 0.6) is 5.75 Å². The van der Waals surface area contributed by atoms with Crippen LogP contribution in [0.2, 0.25) is 5.02 Å². The number of ether oxygens (including phenoxy) is 2. The van der Waals surface area contributed by atoms with E-state index in [0.717, 1.165) is 0 Å². The average molecular weight is 327 g/mol. The first kappa shape index (κ1) is 16.6. The van der Waals surface area contributed by atoms with Gasteiger partial charge in [-0.05, 0) is 24.6 Å². The summed E-state index contributed by atoms with van der Waals surface area (Å²) in [4.78, 5) is 25.9. The van der Waals surface area contributed by atoms with Crippen molar-refractivity contribution >= 4 is 29.1 Å². The van der Waals surface area contributed by atoms with E-state index < -0.39 is 6.10 Å². The van der Waals surface area contributed by atoms with Crippen molar-refractivity contribution in [2.75, 3.05) is 31.7 Å². The number of amides is 2. The molecule has 1 unspecified atom stereocenters. The number of hydrogen-bond donors (Lipinski definition) is 1. The van der Waals surface area contributed by atoms with Gasteiger partial charge >= 0.3 is 0 Å². The molecule has 1 aliphatic rings. The summed E-state index contributed by atoms with van der Waals surface area (Å²) in [6, 6.07) is 5.03. The zero-order chi connectivity index (χ0) is 16.1. The Hall–Kier alpha value is -1.79. The van der Waals surface area contributed by atoms with Crippen molar-refractivity contribution in [1.82, 2.24) is 5.32 Å². The zero-order valence-electron chi connectivity index (χ0n) is 12.6. The summed E-state index contributed by atoms with van der Waals surface area (Å²) in [6.07, 6.45) is -0.0525. The second-order valence-corrected chi connectivity index (χ2v) is 5.33. The van der Waals surface area contributed by atoms with E-state index in [4.69, 9.17) is 21.1 Å². The van der Waals surface area contributed by atoms with Gasteiger partial charge in [-0.2, -0.15) is 0 Å². The third-order valence-corrected chi connectivity index (χ3v) is 3.56. The van der Waals surface area contributed by atoms with Crippen molar-refractivity contribution in [3.8, 4) is 5.75 Å². The fraction of sp³-hybridized carbons (Fsp3) is 0.467. The lowest BCUT2D eigenvalue weighted by molar-refractivity contribution is -0.129. The number of rotatable bonds is 6. The quantitative estimate of drug-likeness (QED) is 0.806. The zero-order valence-corrected chi connectivity index (χ0v) is 13.4. The summed E-state index contributed by atoms with van der Waals surface area (Å²) in [7, 11) is 1.56. The highest BCUT2D eigenvalue weighted by atomic mass is 35.5. The summed E-state index contributed by atoms with van der Waals surface area (Å²) in [6.45, 7) is 2.60. The van der Waals surface area contributed by atoms with E-state index in [1.165, 1.54) is 4.90 Å². The molecular weight excluding hydrogens is 308 g/mol. The first-order valence-electron chi connectivity index (χ1n) is 7.10. The third kappa shape index (κ3) is 3.69. The molecule has 0 aromatic heterocycles. The molecule has 6 nitrogen and oxygen atoms in total. The monoisotopic (exact) mass is 326 g/mol. The van der Waals surface area contributed by atoms with E-state index in [2.05, 4.69) is 5.32 Å². The van der Waals surface area contributed by atoms with E-state index in [1.54, 1.807) is 25.3 Å². The highest BCUT2D eigenvalue weighted by Gasteiger charge is 2.34. The number of carbonyl (C=O) groups excluding carboxylic acids is 2. The largest absolute Gasteiger partial charge is 0.478 e. The molecule has 120 valence electrons. The van der Waals surface area contributed by atoms with E-state index in [1.807, 2.05) is 6.92 Å². The number of hydrogen-bond acceptors (Lipinski definition) is 4. The van der Waals surface area contributed by atoms with Crippen molar-refractivity contribution in [3.63, 3.8) is 0 Å². The Balaban J connectivity index is 2.18. The summed E-state index contributed by atoms with van der Waals surface area (Å²) in [5.41, 5.74) is 0.518. The fourth-order valence-corrected chi connectivity index (χ4v) is 2.38. The number of nitrogens with one attached hydrogen (secondary N) is 1. The van der Waals surface area contributed by atoms with Crippen molar-refractivity contribution in [1.29, 1.82) is 0 Å². The van der Waals surface area contributed by atoms with Crippen LogP contribution in [0.4, 0.5) is 5.69 Å². The third-order valence-electron chi connectivity index (χ3n) is 3.32. The first-order valence-corrected chi connectivity index (χ1v) is 7.47. The number of anilines is 1. The topological polar surface area (TPSA) is 67.9 Å². The minimum Gasteiger partial charge on any atom is -0.478 e. The number of nitrogens with zero attached hydrogens (tertiary/aromatic N) is 1. The van der Waals surface area contributed by atoms with Crippen LogP contribution in [0, 0.1) is 0 Å². The second kappa shape index (κ2) is 7.47. The van der Waals surface area contributed by atoms with Crippen LogP contribution in [-0.4, -0.2) is 44.7 Å². The molecule has 1 N–H and O–H groups in total. The maximum atomic E-state index is 12.4. The Kier molecular flexibility index (Phi) is 5.63. The molecule has 1 aromatic carbocycles. The van der Waals surface area contributed by atoms with Crippen LogP contribution >= 0.6 is 11.6 Å². The molecule has 0 aliphatic carbocycles. The predicted octanol–water partition coefficient (Wildman–Crippen LogP) is 1.61. The Morgan fingerprint density at radius 1 is 1.50 bits per heavy atom. The van der Waals surface area contributed by atoms with Crippen LogP contribution in [0.25, 0.3) is 0 Å². The number of fused-ring (bicyclic) bond motifs is 1. The molecule has 1 aromatic rings. The van der Waals surface area contributed by atoms with Gasteiger partial charge in [0.15, 0.2) is 6.10 Å². The number of benzene rings is 1. The van der Waals surface area contributed by atoms with E-state index >= 15 is 0 Å². The standard InChI is InChI=1S/C15H19ClN2O4/c1-3-12-15(20)18(9-14(19)17-6-7-21-2)11-8-10(16)4-5-13(11)22-12/h4-5,8,12H,3,6-7,9H2,1-2H3,(H,17,19). The van der Waals surface area contributed by atoms with Crippen molar-refractivity contribution in [2.45, 2.75) is 19.4 Å². The van der Waals surface area contributed by atoms with Gasteiger partial charge in [-0.1, -0.05) is 18.5 Å². The Bertz CT molecular complexity index is 564. The number of carbonyl (C=O) groups is 2. The van der Waals surface area contributed by atoms with Gasteiger partial charge in [-0.15, -0.1) is 0 Å². The van der Waals surface area contributed by atoms with Crippen molar-refractivity contribution in [2.24, 2.45) is 0 Å². The molecule has 1 heterocycles. The Morgan fingerprint density at radius 3 is 2.95 bits per heavy atom. The molecule has 22 heavy (non-hydrogen) atoms. The van der Waals surface area contributed by atoms with Crippen LogP contribution in [-0.2, 0) is 14.3 Å². The molecule has 1 atom stereocenters. The Morgan fingerprint density at radius 2 is 2.27 bits per heavy atom. The summed E-state index contributed by atoms with van der Waals surface area (Å²) in [5, 5.41) is 3.18. The lowest BCUT2D eigenvalue weighted by Crippen LogP contribution is -2.49. The van der Waals surface area contributed by atoms with Crippen LogP contribution < -0.4 is 15.0 Å². The highest BCUT2D eigenvalue weighted by molar-refractivity contribution is 6.31. The average Bonchev–Trinajstić information content (AvgIpc) is 2.50. The van der Waals surface area contributed by atoms with E-state index in [0.29, 0.717) is 36.0 Å². The lowest BCUT2D eigenvalue weighted by Gasteiger charge is -2.33. The van der Waals surface area contributed by atoms with Gasteiger partial charge in [0.2, 0.25) is 5.91 Å². The smallest absolute Gasteiger partial charge is 0.268 e. The maximum absolute atomic E-state index is 12.4. The van der Waals surface area contributed by atoms with Gasteiger partial charge in [-0.25, -0.2) is 0 Å². The maximum Gasteiger partial charge on any atom is 0.268 e. The normalized spacial score (nSPS) is 17.0. The van der Waals surface area contributed by atoms with Gasteiger partial charge < -0.3 is 14.8 Å². The molecule has 7 heteroatoms. The van der Waals surface area contributed by atoms with Gasteiger partial charge in [-0.3, -0.25) is 14.5 Å². The molecule has 0 radical (unpaired) electrons. The molecule has 0 saturated heterocycles. The van der Waals surface area contributed by atoms with Gasteiger partial charge in [0.1, 0.15) is 12.3 Å². The Labute approximate surface area is 134 Å². The molecule has 1 aliphatic heterocycles. The van der Waals surface area contributed by atoms with Gasteiger partial charge in [0.25, 0.3) is 5.91 Å². The summed E-state index contributed by atoms with van der Waals surface area (Å²) in [5.74, 6) is 0.0628. The van der Waals surface area contributed by atoms with Gasteiger partial charge in [0.05, 0.1) is 12.3 Å². The molecule has 0 saturated carbocycles. The van der Waals surface area contributed by atoms with E-state index in [-0.39, 0.29) is 18.4 Å². The fourth-order valence-electron chi connectivity index (χ4n) is 2.21. The number of halogens is 1. The van der Waals surface area contributed by atoms with Crippen LogP contribution in [0.15, 0.2) is 18.2 Å². The molecule has 0 spiro atoms.